The Morgan fingerprint density at radius 1 is 0.931 bits per heavy atom. The lowest BCUT2D eigenvalue weighted by molar-refractivity contribution is 0.322. The molecule has 1 saturated carbocycles. The SMILES string of the molecule is CN=C(NCc1ccc(OC)c(OC)c1OC)NCC1(c2ccccc2)CC1.I. The van der Waals surface area contributed by atoms with E-state index in [0.29, 0.717) is 23.8 Å². The van der Waals surface area contributed by atoms with E-state index < -0.39 is 0 Å². The molecule has 2 N–H and O–H groups in total. The fourth-order valence-electron chi connectivity index (χ4n) is 3.46. The number of guanidine groups is 1. The van der Waals surface area contributed by atoms with Crippen LogP contribution in [-0.4, -0.2) is 40.9 Å². The van der Waals surface area contributed by atoms with Gasteiger partial charge in [0, 0.05) is 31.1 Å². The van der Waals surface area contributed by atoms with Crippen molar-refractivity contribution in [2.45, 2.75) is 24.8 Å². The normalized spacial score (nSPS) is 14.4. The Hall–Kier alpha value is -2.16. The van der Waals surface area contributed by atoms with E-state index in [-0.39, 0.29) is 29.4 Å². The van der Waals surface area contributed by atoms with Gasteiger partial charge in [-0.05, 0) is 30.5 Å². The molecule has 29 heavy (non-hydrogen) atoms. The number of rotatable bonds is 8. The van der Waals surface area contributed by atoms with Crippen LogP contribution in [0.1, 0.15) is 24.0 Å². The average molecular weight is 511 g/mol. The van der Waals surface area contributed by atoms with E-state index in [1.807, 2.05) is 12.1 Å². The Balaban J connectivity index is 0.00000300. The molecule has 0 saturated heterocycles. The number of methoxy groups -OCH3 is 3. The molecule has 0 unspecified atom stereocenters. The Kier molecular flexibility index (Phi) is 8.43. The summed E-state index contributed by atoms with van der Waals surface area (Å²) in [5.74, 6) is 2.66. The number of benzene rings is 2. The summed E-state index contributed by atoms with van der Waals surface area (Å²) in [4.78, 5) is 4.36. The Morgan fingerprint density at radius 2 is 1.62 bits per heavy atom. The van der Waals surface area contributed by atoms with E-state index in [4.69, 9.17) is 14.2 Å². The van der Waals surface area contributed by atoms with Gasteiger partial charge in [0.05, 0.1) is 21.3 Å². The first-order valence-corrected chi connectivity index (χ1v) is 9.45. The van der Waals surface area contributed by atoms with E-state index in [9.17, 15) is 0 Å². The van der Waals surface area contributed by atoms with Gasteiger partial charge in [-0.3, -0.25) is 4.99 Å². The van der Waals surface area contributed by atoms with Crippen LogP contribution >= 0.6 is 24.0 Å². The minimum atomic E-state index is 0. The topological polar surface area (TPSA) is 64.1 Å². The lowest BCUT2D eigenvalue weighted by Gasteiger charge is -2.20. The van der Waals surface area contributed by atoms with Crippen LogP contribution < -0.4 is 24.8 Å². The lowest BCUT2D eigenvalue weighted by Crippen LogP contribution is -2.40. The Morgan fingerprint density at radius 3 is 2.17 bits per heavy atom. The zero-order chi connectivity index (χ0) is 20.0. The summed E-state index contributed by atoms with van der Waals surface area (Å²) >= 11 is 0. The van der Waals surface area contributed by atoms with Crippen molar-refractivity contribution in [1.82, 2.24) is 10.6 Å². The van der Waals surface area contributed by atoms with Gasteiger partial charge >= 0.3 is 0 Å². The third-order valence-corrected chi connectivity index (χ3v) is 5.29. The smallest absolute Gasteiger partial charge is 0.203 e. The monoisotopic (exact) mass is 511 g/mol. The zero-order valence-electron chi connectivity index (χ0n) is 17.5. The minimum Gasteiger partial charge on any atom is -0.493 e. The number of hydrogen-bond donors (Lipinski definition) is 2. The molecule has 0 spiro atoms. The first kappa shape index (κ1) is 23.1. The van der Waals surface area contributed by atoms with Crippen LogP contribution in [0, 0.1) is 0 Å². The first-order chi connectivity index (χ1) is 13.7. The van der Waals surface area contributed by atoms with Crippen LogP contribution in [-0.2, 0) is 12.0 Å². The summed E-state index contributed by atoms with van der Waals surface area (Å²) in [6.45, 7) is 1.42. The summed E-state index contributed by atoms with van der Waals surface area (Å²) in [5, 5.41) is 6.84. The molecule has 6 nitrogen and oxygen atoms in total. The van der Waals surface area contributed by atoms with Gasteiger partial charge in [0.25, 0.3) is 0 Å². The van der Waals surface area contributed by atoms with Crippen molar-refractivity contribution in [1.29, 1.82) is 0 Å². The number of nitrogens with one attached hydrogen (secondary N) is 2. The zero-order valence-corrected chi connectivity index (χ0v) is 19.8. The van der Waals surface area contributed by atoms with Crippen molar-refractivity contribution in [2.24, 2.45) is 4.99 Å². The van der Waals surface area contributed by atoms with Crippen LogP contribution in [0.4, 0.5) is 0 Å². The number of hydrogen-bond acceptors (Lipinski definition) is 4. The largest absolute Gasteiger partial charge is 0.493 e. The third-order valence-electron chi connectivity index (χ3n) is 5.29. The van der Waals surface area contributed by atoms with Crippen LogP contribution in [0.2, 0.25) is 0 Å². The van der Waals surface area contributed by atoms with E-state index >= 15 is 0 Å². The van der Waals surface area contributed by atoms with Gasteiger partial charge in [0.2, 0.25) is 5.75 Å². The minimum absolute atomic E-state index is 0. The lowest BCUT2D eigenvalue weighted by atomic mass is 9.96. The molecule has 1 aliphatic carbocycles. The van der Waals surface area contributed by atoms with Gasteiger partial charge in [-0.2, -0.15) is 0 Å². The first-order valence-electron chi connectivity index (χ1n) is 9.45. The maximum absolute atomic E-state index is 5.55. The summed E-state index contributed by atoms with van der Waals surface area (Å²) in [7, 11) is 6.63. The van der Waals surface area contributed by atoms with Crippen molar-refractivity contribution in [3.8, 4) is 17.2 Å². The van der Waals surface area contributed by atoms with Gasteiger partial charge < -0.3 is 24.8 Å². The molecule has 0 amide bonds. The maximum Gasteiger partial charge on any atom is 0.203 e. The fourth-order valence-corrected chi connectivity index (χ4v) is 3.46. The molecule has 1 fully saturated rings. The molecular weight excluding hydrogens is 481 g/mol. The molecule has 3 rings (SSSR count). The van der Waals surface area contributed by atoms with E-state index in [2.05, 4.69) is 46.0 Å². The standard InChI is InChI=1S/C22H29N3O3.HI/c1-23-21(25-15-22(12-13-22)17-8-6-5-7-9-17)24-14-16-10-11-18(26-2)20(28-4)19(16)27-3;/h5-11H,12-15H2,1-4H3,(H2,23,24,25);1H. The van der Waals surface area contributed by atoms with Crippen molar-refractivity contribution < 1.29 is 14.2 Å². The van der Waals surface area contributed by atoms with E-state index in [0.717, 1.165) is 18.1 Å². The van der Waals surface area contributed by atoms with Gasteiger partial charge in [0.15, 0.2) is 17.5 Å². The molecule has 158 valence electrons. The molecule has 0 heterocycles. The van der Waals surface area contributed by atoms with Crippen molar-refractivity contribution >= 4 is 29.9 Å². The summed E-state index contributed by atoms with van der Waals surface area (Å²) in [6, 6.07) is 14.5. The molecule has 1 aliphatic rings. The fraction of sp³-hybridized carbons (Fsp3) is 0.409. The Labute approximate surface area is 190 Å². The number of nitrogens with zero attached hydrogens (tertiary/aromatic N) is 1. The molecule has 0 aliphatic heterocycles. The highest BCUT2D eigenvalue weighted by Gasteiger charge is 2.44. The second-order valence-electron chi connectivity index (χ2n) is 6.92. The van der Waals surface area contributed by atoms with Gasteiger partial charge in [-0.25, -0.2) is 0 Å². The predicted molar refractivity (Wildman–Crippen MR) is 127 cm³/mol. The Bertz CT molecular complexity index is 824. The maximum atomic E-state index is 5.55. The molecule has 7 heteroatoms. The van der Waals surface area contributed by atoms with E-state index in [1.165, 1.54) is 18.4 Å². The molecule has 0 bridgehead atoms. The second-order valence-corrected chi connectivity index (χ2v) is 6.92. The molecule has 0 aromatic heterocycles. The highest BCUT2D eigenvalue weighted by Crippen LogP contribution is 2.47. The molecular formula is C22H30IN3O3. The van der Waals surface area contributed by atoms with E-state index in [1.54, 1.807) is 28.4 Å². The van der Waals surface area contributed by atoms with Crippen LogP contribution in [0.25, 0.3) is 0 Å². The summed E-state index contributed by atoms with van der Waals surface area (Å²) in [6.07, 6.45) is 2.40. The molecule has 0 atom stereocenters. The third kappa shape index (κ3) is 5.26. The molecule has 2 aromatic rings. The van der Waals surface area contributed by atoms with Gasteiger partial charge in [-0.1, -0.05) is 30.3 Å². The van der Waals surface area contributed by atoms with Crippen molar-refractivity contribution in [3.63, 3.8) is 0 Å². The number of halogens is 1. The highest BCUT2D eigenvalue weighted by molar-refractivity contribution is 14.0. The predicted octanol–water partition coefficient (Wildman–Crippen LogP) is 3.73. The summed E-state index contributed by atoms with van der Waals surface area (Å²) < 4.78 is 16.4. The molecule has 0 radical (unpaired) electrons. The van der Waals surface area contributed by atoms with Gasteiger partial charge in [0.1, 0.15) is 0 Å². The van der Waals surface area contributed by atoms with Crippen molar-refractivity contribution in [2.75, 3.05) is 34.9 Å². The highest BCUT2D eigenvalue weighted by atomic mass is 127. The van der Waals surface area contributed by atoms with Crippen LogP contribution in [0.5, 0.6) is 17.2 Å². The second kappa shape index (κ2) is 10.6. The number of ether oxygens (including phenoxy) is 3. The quantitative estimate of drug-likeness (QED) is 0.322. The van der Waals surface area contributed by atoms with Crippen molar-refractivity contribution in [3.05, 3.63) is 53.6 Å². The van der Waals surface area contributed by atoms with Crippen LogP contribution in [0.3, 0.4) is 0 Å². The number of aliphatic imine (C=N–C) groups is 1. The average Bonchev–Trinajstić information content (AvgIpc) is 3.54. The van der Waals surface area contributed by atoms with Gasteiger partial charge in [-0.15, -0.1) is 24.0 Å². The molecule has 2 aromatic carbocycles. The summed E-state index contributed by atoms with van der Waals surface area (Å²) in [5.41, 5.74) is 2.58. The van der Waals surface area contributed by atoms with Crippen LogP contribution in [0.15, 0.2) is 47.5 Å².